The van der Waals surface area contributed by atoms with E-state index in [2.05, 4.69) is 0 Å². The van der Waals surface area contributed by atoms with E-state index in [1.54, 1.807) is 21.0 Å². The van der Waals surface area contributed by atoms with E-state index in [0.717, 1.165) is 4.74 Å². The van der Waals surface area contributed by atoms with Crippen molar-refractivity contribution in [2.24, 2.45) is 0 Å². The summed E-state index contributed by atoms with van der Waals surface area (Å²) in [4.78, 5) is 13.0. The molecule has 68 valence electrons. The number of hydrogen-bond acceptors (Lipinski definition) is 2. The first-order chi connectivity index (χ1) is 5.48. The van der Waals surface area contributed by atoms with E-state index in [4.69, 9.17) is 0 Å². The van der Waals surface area contributed by atoms with E-state index in [0.29, 0.717) is 12.8 Å². The first-order valence-electron chi connectivity index (χ1n) is 4.00. The Morgan fingerprint density at radius 2 is 2.25 bits per heavy atom. The van der Waals surface area contributed by atoms with Crippen LogP contribution in [0.4, 0.5) is 0 Å². The summed E-state index contributed by atoms with van der Waals surface area (Å²) < 4.78 is 0.773. The zero-order chi connectivity index (χ0) is 9.35. The molecule has 1 aliphatic rings. The van der Waals surface area contributed by atoms with Gasteiger partial charge in [0, 0.05) is 33.9 Å². The molecule has 1 atom stereocenters. The maximum absolute atomic E-state index is 11.5. The molecule has 0 radical (unpaired) electrons. The van der Waals surface area contributed by atoms with Crippen LogP contribution in [0.15, 0.2) is 0 Å². The Balaban J connectivity index is 2.86. The van der Waals surface area contributed by atoms with Gasteiger partial charge in [-0.1, -0.05) is 0 Å². The van der Waals surface area contributed by atoms with E-state index in [1.807, 2.05) is 0 Å². The fourth-order valence-electron chi connectivity index (χ4n) is 1.46. The number of hydrogen-bond donors (Lipinski definition) is 0. The summed E-state index contributed by atoms with van der Waals surface area (Å²) >= 11 is 0. The molecule has 0 aromatic carbocycles. The first-order valence-corrected chi connectivity index (χ1v) is 4.00. The van der Waals surface area contributed by atoms with Crippen LogP contribution in [0.2, 0.25) is 0 Å². The van der Waals surface area contributed by atoms with Gasteiger partial charge in [0.25, 0.3) is 5.91 Å². The van der Waals surface area contributed by atoms with Crippen LogP contribution < -0.4 is 0 Å². The highest BCUT2D eigenvalue weighted by Gasteiger charge is 2.45. The van der Waals surface area contributed by atoms with E-state index in [9.17, 15) is 10.0 Å². The number of carbonyl (C=O) groups excluding carboxylic acids is 1. The zero-order valence-corrected chi connectivity index (χ0v) is 7.70. The van der Waals surface area contributed by atoms with Gasteiger partial charge in [0.1, 0.15) is 0 Å². The average molecular weight is 170 g/mol. The Morgan fingerprint density at radius 3 is 2.58 bits per heavy atom. The van der Waals surface area contributed by atoms with Crippen LogP contribution in [0.25, 0.3) is 0 Å². The largest absolute Gasteiger partial charge is 0.623 e. The van der Waals surface area contributed by atoms with Gasteiger partial charge in [-0.25, -0.2) is 4.74 Å². The highest BCUT2D eigenvalue weighted by molar-refractivity contribution is 5.85. The Hall–Kier alpha value is -1.06. The van der Waals surface area contributed by atoms with Crippen LogP contribution in [-0.4, -0.2) is 41.4 Å². The van der Waals surface area contributed by atoms with Crippen molar-refractivity contribution < 1.29 is 9.53 Å². The third-order valence-electron chi connectivity index (χ3n) is 2.28. The number of hydroxylamine groups is 1. The van der Waals surface area contributed by atoms with Gasteiger partial charge < -0.3 is 10.1 Å². The zero-order valence-electron chi connectivity index (χ0n) is 7.70. The van der Waals surface area contributed by atoms with Gasteiger partial charge in [0.2, 0.25) is 5.54 Å². The van der Waals surface area contributed by atoms with Gasteiger partial charge in [0.15, 0.2) is 6.21 Å². The van der Waals surface area contributed by atoms with Gasteiger partial charge >= 0.3 is 0 Å². The Labute approximate surface area is 72.1 Å². The number of nitrogens with zero attached hydrogens (tertiary/aromatic N) is 2. The second kappa shape index (κ2) is 2.77. The van der Waals surface area contributed by atoms with Crippen molar-refractivity contribution in [2.75, 3.05) is 14.1 Å². The predicted molar refractivity (Wildman–Crippen MR) is 46.0 cm³/mol. The van der Waals surface area contributed by atoms with Crippen LogP contribution in [0.5, 0.6) is 0 Å². The van der Waals surface area contributed by atoms with E-state index in [-0.39, 0.29) is 5.91 Å². The van der Waals surface area contributed by atoms with Crippen LogP contribution >= 0.6 is 0 Å². The lowest BCUT2D eigenvalue weighted by molar-refractivity contribution is -0.516. The van der Waals surface area contributed by atoms with Crippen LogP contribution in [-0.2, 0) is 4.79 Å². The maximum Gasteiger partial charge on any atom is 0.294 e. The molecule has 0 spiro atoms. The monoisotopic (exact) mass is 170 g/mol. The lowest BCUT2D eigenvalue weighted by atomic mass is 9.98. The number of likely N-dealkylation sites (N-methyl/N-ethyl adjacent to an activating group) is 1. The lowest BCUT2D eigenvalue weighted by Gasteiger charge is -2.25. The quantitative estimate of drug-likeness (QED) is 0.417. The molecule has 0 saturated heterocycles. The number of rotatable bonds is 1. The first kappa shape index (κ1) is 9.03. The highest BCUT2D eigenvalue weighted by atomic mass is 16.5. The average Bonchev–Trinajstić information content (AvgIpc) is 2.32. The van der Waals surface area contributed by atoms with Crippen molar-refractivity contribution in [3.63, 3.8) is 0 Å². The van der Waals surface area contributed by atoms with Crippen molar-refractivity contribution in [2.45, 2.75) is 25.3 Å². The molecule has 0 saturated carbocycles. The minimum absolute atomic E-state index is 0.119. The second-order valence-electron chi connectivity index (χ2n) is 3.52. The van der Waals surface area contributed by atoms with Gasteiger partial charge in [-0.15, -0.1) is 0 Å². The molecule has 1 aliphatic heterocycles. The van der Waals surface area contributed by atoms with E-state index >= 15 is 0 Å². The fraction of sp³-hybridized carbons (Fsp3) is 0.750. The molecular weight excluding hydrogens is 156 g/mol. The van der Waals surface area contributed by atoms with Crippen molar-refractivity contribution >= 4 is 12.1 Å². The third kappa shape index (κ3) is 1.17. The smallest absolute Gasteiger partial charge is 0.294 e. The molecule has 1 heterocycles. The summed E-state index contributed by atoms with van der Waals surface area (Å²) in [5.41, 5.74) is -0.858. The van der Waals surface area contributed by atoms with Crippen molar-refractivity contribution in [3.05, 3.63) is 5.21 Å². The van der Waals surface area contributed by atoms with Crippen molar-refractivity contribution in [3.8, 4) is 0 Å². The summed E-state index contributed by atoms with van der Waals surface area (Å²) in [6.45, 7) is 1.69. The molecule has 1 amide bonds. The Bertz CT molecular complexity index is 235. The fourth-order valence-corrected chi connectivity index (χ4v) is 1.46. The Morgan fingerprint density at radius 1 is 1.67 bits per heavy atom. The third-order valence-corrected chi connectivity index (χ3v) is 2.28. The minimum atomic E-state index is -0.858. The number of amides is 1. The SMILES string of the molecule is CN(C)C(=O)C1(C)CCC=[N+]1[O-]. The van der Waals surface area contributed by atoms with E-state index < -0.39 is 5.54 Å². The van der Waals surface area contributed by atoms with Gasteiger partial charge in [-0.3, -0.25) is 4.79 Å². The summed E-state index contributed by atoms with van der Waals surface area (Å²) in [6.07, 6.45) is 2.84. The summed E-state index contributed by atoms with van der Waals surface area (Å²) in [5.74, 6) is -0.119. The number of carbonyl (C=O) groups is 1. The predicted octanol–water partition coefficient (Wildman–Crippen LogP) is 0.208. The maximum atomic E-state index is 11.5. The lowest BCUT2D eigenvalue weighted by Crippen LogP contribution is -2.48. The van der Waals surface area contributed by atoms with Gasteiger partial charge in [-0.05, 0) is 0 Å². The van der Waals surface area contributed by atoms with E-state index in [1.165, 1.54) is 11.1 Å². The van der Waals surface area contributed by atoms with Gasteiger partial charge in [-0.2, -0.15) is 0 Å². The normalized spacial score (nSPS) is 28.4. The van der Waals surface area contributed by atoms with Crippen molar-refractivity contribution in [1.82, 2.24) is 4.90 Å². The highest BCUT2D eigenvalue weighted by Crippen LogP contribution is 2.22. The molecule has 0 bridgehead atoms. The molecule has 0 fully saturated rings. The molecule has 1 rings (SSSR count). The van der Waals surface area contributed by atoms with Gasteiger partial charge in [0.05, 0.1) is 0 Å². The van der Waals surface area contributed by atoms with Crippen LogP contribution in [0.1, 0.15) is 19.8 Å². The minimum Gasteiger partial charge on any atom is -0.623 e. The topological polar surface area (TPSA) is 46.4 Å². The molecule has 4 heteroatoms. The molecule has 0 aromatic rings. The summed E-state index contributed by atoms with van der Waals surface area (Å²) in [7, 11) is 3.33. The molecule has 0 aliphatic carbocycles. The summed E-state index contributed by atoms with van der Waals surface area (Å²) in [5, 5.41) is 11.3. The standard InChI is InChI=1S/C8H14N2O2/c1-8(7(11)9(2)3)5-4-6-10(8)12/h6H,4-5H2,1-3H3. The molecule has 0 aromatic heterocycles. The van der Waals surface area contributed by atoms with Crippen molar-refractivity contribution in [1.29, 1.82) is 0 Å². The molecule has 1 unspecified atom stereocenters. The molecular formula is C8H14N2O2. The second-order valence-corrected chi connectivity index (χ2v) is 3.52. The molecule has 0 N–H and O–H groups in total. The molecule has 12 heavy (non-hydrogen) atoms. The van der Waals surface area contributed by atoms with Crippen LogP contribution in [0, 0.1) is 5.21 Å². The van der Waals surface area contributed by atoms with Crippen LogP contribution in [0.3, 0.4) is 0 Å². The summed E-state index contributed by atoms with van der Waals surface area (Å²) in [6, 6.07) is 0. The molecule has 4 nitrogen and oxygen atoms in total. The Kier molecular flexibility index (Phi) is 2.08.